The number of nitrogens with zero attached hydrogens (tertiary/aromatic N) is 2. The highest BCUT2D eigenvalue weighted by atomic mass is 16.3. The maximum atomic E-state index is 5.54. The first kappa shape index (κ1) is 12.9. The predicted octanol–water partition coefficient (Wildman–Crippen LogP) is 2.72. The van der Waals surface area contributed by atoms with Crippen LogP contribution in [-0.4, -0.2) is 15.3 Å². The van der Waals surface area contributed by atoms with Crippen LogP contribution in [0.5, 0.6) is 0 Å². The van der Waals surface area contributed by atoms with Crippen molar-refractivity contribution in [3.8, 4) is 0 Å². The van der Waals surface area contributed by atoms with Gasteiger partial charge in [0, 0.05) is 23.8 Å². The summed E-state index contributed by atoms with van der Waals surface area (Å²) in [7, 11) is 0. The van der Waals surface area contributed by atoms with Crippen LogP contribution < -0.4 is 5.32 Å². The topological polar surface area (TPSA) is 43.0 Å². The molecule has 0 unspecified atom stereocenters. The fourth-order valence-corrected chi connectivity index (χ4v) is 1.72. The molecule has 2 aromatic rings. The van der Waals surface area contributed by atoms with E-state index in [2.05, 4.69) is 31.2 Å². The summed E-state index contributed by atoms with van der Waals surface area (Å²) in [6.07, 6.45) is 3.71. The molecule has 0 spiro atoms. The van der Waals surface area contributed by atoms with Crippen molar-refractivity contribution < 1.29 is 4.42 Å². The summed E-state index contributed by atoms with van der Waals surface area (Å²) in [6, 6.07) is 4.01. The number of aryl methyl sites for hydroxylation is 1. The molecule has 0 amide bonds. The Hall–Kier alpha value is -1.55. The van der Waals surface area contributed by atoms with Gasteiger partial charge in [0.15, 0.2) is 0 Å². The second kappa shape index (κ2) is 4.98. The van der Waals surface area contributed by atoms with Crippen LogP contribution in [-0.2, 0) is 13.1 Å². The van der Waals surface area contributed by atoms with Gasteiger partial charge in [-0.3, -0.25) is 4.68 Å². The van der Waals surface area contributed by atoms with Crippen LogP contribution in [0.15, 0.2) is 29.0 Å². The van der Waals surface area contributed by atoms with Gasteiger partial charge in [-0.1, -0.05) is 0 Å². The molecule has 0 atom stereocenters. The zero-order valence-corrected chi connectivity index (χ0v) is 11.5. The minimum atomic E-state index is 0.108. The molecule has 2 aromatic heterocycles. The molecule has 0 aliphatic heterocycles. The van der Waals surface area contributed by atoms with Crippen LogP contribution in [0, 0.1) is 6.92 Å². The Bertz CT molecular complexity index is 505. The van der Waals surface area contributed by atoms with Crippen molar-refractivity contribution in [2.45, 2.75) is 46.3 Å². The van der Waals surface area contributed by atoms with E-state index in [4.69, 9.17) is 4.42 Å². The van der Waals surface area contributed by atoms with E-state index in [0.717, 1.165) is 18.0 Å². The van der Waals surface area contributed by atoms with E-state index >= 15 is 0 Å². The van der Waals surface area contributed by atoms with Gasteiger partial charge in [0.05, 0.1) is 18.5 Å². The minimum Gasteiger partial charge on any atom is -0.467 e. The Morgan fingerprint density at radius 3 is 2.72 bits per heavy atom. The normalized spacial score (nSPS) is 12.0. The zero-order chi connectivity index (χ0) is 13.2. The van der Waals surface area contributed by atoms with Gasteiger partial charge in [-0.05, 0) is 39.8 Å². The smallest absolute Gasteiger partial charge is 0.129 e. The molecule has 2 rings (SSSR count). The van der Waals surface area contributed by atoms with Crippen molar-refractivity contribution in [2.75, 3.05) is 0 Å². The van der Waals surface area contributed by atoms with E-state index in [1.807, 2.05) is 29.9 Å². The Kier molecular flexibility index (Phi) is 3.57. The molecular formula is C14H21N3O. The van der Waals surface area contributed by atoms with Crippen LogP contribution in [0.2, 0.25) is 0 Å². The van der Waals surface area contributed by atoms with E-state index in [-0.39, 0.29) is 5.54 Å². The lowest BCUT2D eigenvalue weighted by molar-refractivity contribution is 0.416. The van der Waals surface area contributed by atoms with Gasteiger partial charge in [0.25, 0.3) is 0 Å². The molecule has 0 aliphatic carbocycles. The molecule has 2 heterocycles. The Morgan fingerprint density at radius 2 is 2.11 bits per heavy atom. The van der Waals surface area contributed by atoms with Gasteiger partial charge < -0.3 is 9.73 Å². The summed E-state index contributed by atoms with van der Waals surface area (Å²) in [5.41, 5.74) is 2.32. The lowest BCUT2D eigenvalue weighted by Crippen LogP contribution is -2.35. The number of furan rings is 1. The number of hydrogen-bond donors (Lipinski definition) is 1. The summed E-state index contributed by atoms with van der Waals surface area (Å²) in [6.45, 7) is 9.95. The third-order valence-corrected chi connectivity index (χ3v) is 2.73. The van der Waals surface area contributed by atoms with Crippen LogP contribution in [0.4, 0.5) is 0 Å². The van der Waals surface area contributed by atoms with Crippen molar-refractivity contribution in [3.05, 3.63) is 41.6 Å². The molecule has 0 aromatic carbocycles. The molecule has 98 valence electrons. The van der Waals surface area contributed by atoms with Crippen LogP contribution in [0.25, 0.3) is 0 Å². The first-order valence-corrected chi connectivity index (χ1v) is 6.24. The monoisotopic (exact) mass is 247 g/mol. The summed E-state index contributed by atoms with van der Waals surface area (Å²) in [4.78, 5) is 0. The maximum absolute atomic E-state index is 5.54. The molecule has 0 radical (unpaired) electrons. The van der Waals surface area contributed by atoms with Crippen LogP contribution in [0.3, 0.4) is 0 Å². The molecule has 1 N–H and O–H groups in total. The lowest BCUT2D eigenvalue weighted by Gasteiger charge is -2.20. The van der Waals surface area contributed by atoms with Crippen molar-refractivity contribution in [2.24, 2.45) is 0 Å². The number of rotatable bonds is 4. The highest BCUT2D eigenvalue weighted by Crippen LogP contribution is 2.13. The van der Waals surface area contributed by atoms with E-state index in [1.165, 1.54) is 5.56 Å². The molecule has 18 heavy (non-hydrogen) atoms. The molecule has 0 saturated heterocycles. The van der Waals surface area contributed by atoms with Gasteiger partial charge in [-0.15, -0.1) is 0 Å². The second-order valence-corrected chi connectivity index (χ2v) is 5.63. The first-order chi connectivity index (χ1) is 8.44. The molecule has 4 heteroatoms. The minimum absolute atomic E-state index is 0.108. The van der Waals surface area contributed by atoms with E-state index < -0.39 is 0 Å². The third-order valence-electron chi connectivity index (χ3n) is 2.73. The van der Waals surface area contributed by atoms with Gasteiger partial charge in [-0.2, -0.15) is 5.10 Å². The van der Waals surface area contributed by atoms with Crippen molar-refractivity contribution >= 4 is 0 Å². The van der Waals surface area contributed by atoms with Gasteiger partial charge in [-0.25, -0.2) is 0 Å². The molecule has 0 aliphatic rings. The Labute approximate surface area is 108 Å². The molecular weight excluding hydrogens is 226 g/mol. The molecule has 0 bridgehead atoms. The molecule has 0 fully saturated rings. The van der Waals surface area contributed by atoms with E-state index in [1.54, 1.807) is 6.26 Å². The molecule has 4 nitrogen and oxygen atoms in total. The highest BCUT2D eigenvalue weighted by Gasteiger charge is 2.12. The Balaban J connectivity index is 2.03. The maximum Gasteiger partial charge on any atom is 0.129 e. The SMILES string of the molecule is Cc1ccn(Cc2occc2CNC(C)(C)C)n1. The third kappa shape index (κ3) is 3.47. The average molecular weight is 247 g/mol. The zero-order valence-electron chi connectivity index (χ0n) is 11.5. The highest BCUT2D eigenvalue weighted by molar-refractivity contribution is 5.17. The predicted molar refractivity (Wildman–Crippen MR) is 71.4 cm³/mol. The largest absolute Gasteiger partial charge is 0.467 e. The number of hydrogen-bond acceptors (Lipinski definition) is 3. The fourth-order valence-electron chi connectivity index (χ4n) is 1.72. The molecule has 0 saturated carbocycles. The summed E-state index contributed by atoms with van der Waals surface area (Å²) < 4.78 is 7.44. The summed E-state index contributed by atoms with van der Waals surface area (Å²) in [5.74, 6) is 0.967. The number of aromatic nitrogens is 2. The van der Waals surface area contributed by atoms with E-state index in [0.29, 0.717) is 6.54 Å². The first-order valence-electron chi connectivity index (χ1n) is 6.24. The van der Waals surface area contributed by atoms with Gasteiger partial charge in [0.2, 0.25) is 0 Å². The standard InChI is InChI=1S/C14H21N3O/c1-11-5-7-17(16-11)10-13-12(6-8-18-13)9-15-14(2,3)4/h5-8,15H,9-10H2,1-4H3. The van der Waals surface area contributed by atoms with E-state index in [9.17, 15) is 0 Å². The Morgan fingerprint density at radius 1 is 1.33 bits per heavy atom. The van der Waals surface area contributed by atoms with Crippen molar-refractivity contribution in [1.82, 2.24) is 15.1 Å². The van der Waals surface area contributed by atoms with Crippen LogP contribution >= 0.6 is 0 Å². The fraction of sp³-hybridized carbons (Fsp3) is 0.500. The van der Waals surface area contributed by atoms with Gasteiger partial charge >= 0.3 is 0 Å². The van der Waals surface area contributed by atoms with Gasteiger partial charge in [0.1, 0.15) is 5.76 Å². The summed E-state index contributed by atoms with van der Waals surface area (Å²) >= 11 is 0. The van der Waals surface area contributed by atoms with Crippen LogP contribution in [0.1, 0.15) is 37.8 Å². The number of nitrogens with one attached hydrogen (secondary N) is 1. The lowest BCUT2D eigenvalue weighted by atomic mass is 10.1. The summed E-state index contributed by atoms with van der Waals surface area (Å²) in [5, 5.41) is 7.84. The average Bonchev–Trinajstić information content (AvgIpc) is 2.85. The van der Waals surface area contributed by atoms with Crippen molar-refractivity contribution in [1.29, 1.82) is 0 Å². The van der Waals surface area contributed by atoms with Crippen molar-refractivity contribution in [3.63, 3.8) is 0 Å². The second-order valence-electron chi connectivity index (χ2n) is 5.63. The quantitative estimate of drug-likeness (QED) is 0.903.